The number of hydrogen-bond donors (Lipinski definition) is 0. The highest BCUT2D eigenvalue weighted by atomic mass is 19.4. The number of esters is 1. The van der Waals surface area contributed by atoms with Crippen molar-refractivity contribution < 1.29 is 32.2 Å². The molecule has 1 unspecified atom stereocenters. The van der Waals surface area contributed by atoms with Crippen molar-refractivity contribution in [1.29, 1.82) is 0 Å². The Morgan fingerprint density at radius 3 is 2.07 bits per heavy atom. The molecular weight excluding hydrogens is 385 g/mol. The molecule has 29 heavy (non-hydrogen) atoms. The Kier molecular flexibility index (Phi) is 8.36. The average molecular weight is 410 g/mol. The average Bonchev–Trinajstić information content (AvgIpc) is 2.66. The van der Waals surface area contributed by atoms with E-state index in [9.17, 15) is 18.0 Å². The summed E-state index contributed by atoms with van der Waals surface area (Å²) in [7, 11) is 0. The van der Waals surface area contributed by atoms with Crippen LogP contribution >= 0.6 is 0 Å². The maximum absolute atomic E-state index is 12.2. The predicted molar refractivity (Wildman–Crippen MR) is 103 cm³/mol. The molecule has 4 nitrogen and oxygen atoms in total. The third-order valence-electron chi connectivity index (χ3n) is 4.16. The summed E-state index contributed by atoms with van der Waals surface area (Å²) in [5.41, 5.74) is 0.112. The van der Waals surface area contributed by atoms with E-state index in [1.54, 1.807) is 24.3 Å². The van der Waals surface area contributed by atoms with Gasteiger partial charge in [-0.1, -0.05) is 26.2 Å². The third kappa shape index (κ3) is 8.46. The van der Waals surface area contributed by atoms with Crippen LogP contribution in [0.2, 0.25) is 0 Å². The minimum absolute atomic E-state index is 0.0951. The summed E-state index contributed by atoms with van der Waals surface area (Å²) >= 11 is 0. The number of hydrogen-bond acceptors (Lipinski definition) is 4. The highest BCUT2D eigenvalue weighted by molar-refractivity contribution is 5.91. The fourth-order valence-electron chi connectivity index (χ4n) is 2.69. The molecule has 0 bridgehead atoms. The second-order valence-electron chi connectivity index (χ2n) is 6.71. The van der Waals surface area contributed by atoms with E-state index in [4.69, 9.17) is 9.47 Å². The lowest BCUT2D eigenvalue weighted by molar-refractivity contribution is -0.274. The first-order chi connectivity index (χ1) is 13.8. The normalized spacial score (nSPS) is 12.3. The van der Waals surface area contributed by atoms with Gasteiger partial charge in [0.25, 0.3) is 0 Å². The van der Waals surface area contributed by atoms with Crippen molar-refractivity contribution >= 4 is 5.97 Å². The lowest BCUT2D eigenvalue weighted by atomic mass is 10.1. The lowest BCUT2D eigenvalue weighted by Gasteiger charge is -2.15. The number of carbonyl (C=O) groups excluding carboxylic acids is 1. The first-order valence-electron chi connectivity index (χ1n) is 9.61. The summed E-state index contributed by atoms with van der Waals surface area (Å²) in [6, 6.07) is 11.2. The van der Waals surface area contributed by atoms with Crippen LogP contribution in [0.3, 0.4) is 0 Å². The molecule has 2 aromatic carbocycles. The number of unbranched alkanes of at least 4 members (excludes halogenated alkanes) is 3. The number of alkyl halides is 3. The Labute approximate surface area is 168 Å². The van der Waals surface area contributed by atoms with Gasteiger partial charge in [0.05, 0.1) is 11.7 Å². The van der Waals surface area contributed by atoms with E-state index < -0.39 is 18.1 Å². The van der Waals surface area contributed by atoms with Crippen molar-refractivity contribution in [2.45, 2.75) is 58.4 Å². The van der Waals surface area contributed by atoms with Crippen molar-refractivity contribution in [3.05, 3.63) is 54.1 Å². The maximum Gasteiger partial charge on any atom is 0.573 e. The van der Waals surface area contributed by atoms with Gasteiger partial charge in [0.15, 0.2) is 0 Å². The van der Waals surface area contributed by atoms with E-state index in [0.29, 0.717) is 11.5 Å². The van der Waals surface area contributed by atoms with Crippen LogP contribution in [0.5, 0.6) is 17.2 Å². The topological polar surface area (TPSA) is 44.8 Å². The van der Waals surface area contributed by atoms with Crippen LogP contribution in [-0.4, -0.2) is 18.4 Å². The molecular formula is C22H25F3O4. The van der Waals surface area contributed by atoms with Crippen LogP contribution in [0.4, 0.5) is 13.2 Å². The minimum Gasteiger partial charge on any atom is -0.491 e. The molecule has 0 spiro atoms. The van der Waals surface area contributed by atoms with Gasteiger partial charge < -0.3 is 14.2 Å². The van der Waals surface area contributed by atoms with Crippen LogP contribution in [0.1, 0.15) is 56.3 Å². The first kappa shape index (κ1) is 22.6. The number of benzene rings is 2. The van der Waals surface area contributed by atoms with E-state index in [1.807, 2.05) is 6.92 Å². The van der Waals surface area contributed by atoms with Gasteiger partial charge in [0.1, 0.15) is 17.2 Å². The van der Waals surface area contributed by atoms with Gasteiger partial charge in [-0.25, -0.2) is 4.79 Å². The molecule has 158 valence electrons. The third-order valence-corrected chi connectivity index (χ3v) is 4.16. The van der Waals surface area contributed by atoms with E-state index >= 15 is 0 Å². The van der Waals surface area contributed by atoms with Crippen LogP contribution < -0.4 is 14.2 Å². The van der Waals surface area contributed by atoms with Gasteiger partial charge in [-0.05, 0) is 68.3 Å². The Bertz CT molecular complexity index is 755. The Morgan fingerprint density at radius 1 is 0.897 bits per heavy atom. The van der Waals surface area contributed by atoms with E-state index in [2.05, 4.69) is 11.7 Å². The standard InChI is InChI=1S/C22H25F3O4/c1-3-4-5-6-7-16(2)27-18-12-14-19(15-13-18)28-21(26)17-8-10-20(11-9-17)29-22(23,24)25/h8-16H,3-7H2,1-2H3. The monoisotopic (exact) mass is 410 g/mol. The highest BCUT2D eigenvalue weighted by Gasteiger charge is 2.31. The van der Waals surface area contributed by atoms with Crippen molar-refractivity contribution in [2.24, 2.45) is 0 Å². The lowest BCUT2D eigenvalue weighted by Crippen LogP contribution is -2.17. The van der Waals surface area contributed by atoms with Crippen molar-refractivity contribution in [2.75, 3.05) is 0 Å². The molecule has 0 aliphatic rings. The molecule has 2 aromatic rings. The fraction of sp³-hybridized carbons (Fsp3) is 0.409. The molecule has 0 fully saturated rings. The molecule has 0 amide bonds. The molecule has 0 heterocycles. The largest absolute Gasteiger partial charge is 0.573 e. The van der Waals surface area contributed by atoms with E-state index in [1.165, 1.54) is 31.4 Å². The molecule has 2 rings (SSSR count). The summed E-state index contributed by atoms with van der Waals surface area (Å²) in [6.07, 6.45) is 1.03. The highest BCUT2D eigenvalue weighted by Crippen LogP contribution is 2.24. The minimum atomic E-state index is -4.78. The van der Waals surface area contributed by atoms with Gasteiger partial charge in [0.2, 0.25) is 0 Å². The van der Waals surface area contributed by atoms with Crippen molar-refractivity contribution in [3.8, 4) is 17.2 Å². The first-order valence-corrected chi connectivity index (χ1v) is 9.61. The van der Waals surface area contributed by atoms with Crippen LogP contribution in [0.25, 0.3) is 0 Å². The Morgan fingerprint density at radius 2 is 1.48 bits per heavy atom. The second-order valence-corrected chi connectivity index (χ2v) is 6.71. The SMILES string of the molecule is CCCCCCC(C)Oc1ccc(OC(=O)c2ccc(OC(F)(F)F)cc2)cc1. The molecule has 0 N–H and O–H groups in total. The number of carbonyl (C=O) groups is 1. The summed E-state index contributed by atoms with van der Waals surface area (Å²) in [5, 5.41) is 0. The molecule has 0 saturated heterocycles. The molecule has 0 radical (unpaired) electrons. The molecule has 0 aromatic heterocycles. The zero-order valence-electron chi connectivity index (χ0n) is 16.5. The van der Waals surface area contributed by atoms with Gasteiger partial charge in [0, 0.05) is 0 Å². The van der Waals surface area contributed by atoms with Gasteiger partial charge in [-0.15, -0.1) is 13.2 Å². The fourth-order valence-corrected chi connectivity index (χ4v) is 2.69. The smallest absolute Gasteiger partial charge is 0.491 e. The van der Waals surface area contributed by atoms with Crippen molar-refractivity contribution in [3.63, 3.8) is 0 Å². The zero-order valence-corrected chi connectivity index (χ0v) is 16.5. The molecule has 1 atom stereocenters. The number of rotatable bonds is 10. The summed E-state index contributed by atoms with van der Waals surface area (Å²) in [5.74, 6) is -0.0871. The summed E-state index contributed by atoms with van der Waals surface area (Å²) < 4.78 is 51.4. The van der Waals surface area contributed by atoms with Gasteiger partial charge in [-0.2, -0.15) is 0 Å². The molecule has 0 saturated carbocycles. The quantitative estimate of drug-likeness (QED) is 0.253. The molecule has 0 aliphatic carbocycles. The molecule has 7 heteroatoms. The van der Waals surface area contributed by atoms with Crippen LogP contribution in [0, 0.1) is 0 Å². The maximum atomic E-state index is 12.2. The summed E-state index contributed by atoms with van der Waals surface area (Å²) in [6.45, 7) is 4.19. The zero-order chi connectivity index (χ0) is 21.3. The van der Waals surface area contributed by atoms with Crippen LogP contribution in [-0.2, 0) is 0 Å². The van der Waals surface area contributed by atoms with Gasteiger partial charge in [-0.3, -0.25) is 0 Å². The number of ether oxygens (including phenoxy) is 3. The second kappa shape index (κ2) is 10.7. The van der Waals surface area contributed by atoms with Gasteiger partial charge >= 0.3 is 12.3 Å². The van der Waals surface area contributed by atoms with Crippen molar-refractivity contribution in [1.82, 2.24) is 0 Å². The Balaban J connectivity index is 1.85. The van der Waals surface area contributed by atoms with Crippen LogP contribution in [0.15, 0.2) is 48.5 Å². The predicted octanol–water partition coefficient (Wildman–Crippen LogP) is 6.54. The van der Waals surface area contributed by atoms with E-state index in [-0.39, 0.29) is 11.7 Å². The molecule has 0 aliphatic heterocycles. The number of halogens is 3. The van der Waals surface area contributed by atoms with E-state index in [0.717, 1.165) is 25.0 Å². The summed E-state index contributed by atoms with van der Waals surface area (Å²) in [4.78, 5) is 12.1. The Hall–Kier alpha value is -2.70.